The fraction of sp³-hybridized carbons (Fsp3) is 0.581. The molecule has 7 atom stereocenters. The third kappa shape index (κ3) is 4.13. The second-order valence-electron chi connectivity index (χ2n) is 11.8. The number of amides is 3. The predicted molar refractivity (Wildman–Crippen MR) is 154 cm³/mol. The summed E-state index contributed by atoms with van der Waals surface area (Å²) in [5.41, 5.74) is -1.04. The molecule has 4 heterocycles. The number of hydrogen-bond donors (Lipinski definition) is 1. The summed E-state index contributed by atoms with van der Waals surface area (Å²) < 4.78 is 6.90. The van der Waals surface area contributed by atoms with Gasteiger partial charge in [-0.1, -0.05) is 75.2 Å². The van der Waals surface area contributed by atoms with Gasteiger partial charge in [0.2, 0.25) is 11.8 Å². The Hall–Kier alpha value is -2.68. The van der Waals surface area contributed by atoms with Crippen molar-refractivity contribution < 1.29 is 24.2 Å². The molecular formula is C31H40ClN3O5. The van der Waals surface area contributed by atoms with E-state index in [4.69, 9.17) is 16.3 Å². The maximum atomic E-state index is 14.7. The summed E-state index contributed by atoms with van der Waals surface area (Å²) in [6, 6.07) is 3.78. The molecule has 9 heteroatoms. The molecule has 0 bridgehead atoms. The van der Waals surface area contributed by atoms with Crippen LogP contribution in [-0.2, 0) is 19.1 Å². The minimum atomic E-state index is -1.38. The Labute approximate surface area is 241 Å². The van der Waals surface area contributed by atoms with Gasteiger partial charge in [0.25, 0.3) is 5.91 Å². The Bertz CT molecular complexity index is 1250. The second kappa shape index (κ2) is 10.6. The van der Waals surface area contributed by atoms with Crippen molar-refractivity contribution in [3.05, 3.63) is 53.1 Å². The van der Waals surface area contributed by atoms with Gasteiger partial charge < -0.3 is 24.5 Å². The zero-order valence-electron chi connectivity index (χ0n) is 24.0. The number of halogens is 1. The smallest absolute Gasteiger partial charge is 0.253 e. The Morgan fingerprint density at radius 3 is 2.45 bits per heavy atom. The molecular weight excluding hydrogens is 530 g/mol. The largest absolute Gasteiger partial charge is 0.394 e. The molecule has 1 aromatic rings. The van der Waals surface area contributed by atoms with E-state index in [1.807, 2.05) is 71.1 Å². The molecule has 1 aromatic carbocycles. The van der Waals surface area contributed by atoms with Crippen molar-refractivity contribution in [2.75, 3.05) is 31.1 Å². The van der Waals surface area contributed by atoms with Crippen LogP contribution >= 0.6 is 11.6 Å². The molecule has 8 nitrogen and oxygen atoms in total. The van der Waals surface area contributed by atoms with Gasteiger partial charge in [-0.05, 0) is 37.8 Å². The monoisotopic (exact) mass is 569 g/mol. The highest BCUT2D eigenvalue weighted by atomic mass is 35.5. The van der Waals surface area contributed by atoms with Crippen molar-refractivity contribution in [2.24, 2.45) is 17.8 Å². The molecule has 4 aliphatic rings. The normalized spacial score (nSPS) is 33.0. The first kappa shape index (κ1) is 28.8. The molecule has 3 amide bonds. The topological polar surface area (TPSA) is 90.4 Å². The molecule has 0 aliphatic carbocycles. The number of nitrogens with zero attached hydrogens (tertiary/aromatic N) is 3. The maximum absolute atomic E-state index is 14.7. The van der Waals surface area contributed by atoms with Crippen LogP contribution < -0.4 is 4.90 Å². The number of fused-ring (bicyclic) bond motifs is 2. The minimum Gasteiger partial charge on any atom is -0.394 e. The molecule has 4 aliphatic heterocycles. The van der Waals surface area contributed by atoms with Gasteiger partial charge in [-0.3, -0.25) is 14.4 Å². The number of ether oxygens (including phenoxy) is 1. The van der Waals surface area contributed by atoms with E-state index in [9.17, 15) is 19.5 Å². The highest BCUT2D eigenvalue weighted by molar-refractivity contribution is 6.34. The number of benzene rings is 1. The average molecular weight is 570 g/mol. The number of aryl methyl sites for hydroxylation is 1. The SMILES string of the molecule is CCCN1CC=C[C@@]2(C)O[C@]34C=CCN(c5c(C)cccc5Cl)C(=O)C3N([C@@H](CO)[C@@H](C)CC)C(=O)[C@@H]4[C@H]2C1=O. The summed E-state index contributed by atoms with van der Waals surface area (Å²) >= 11 is 6.64. The van der Waals surface area contributed by atoms with Crippen molar-refractivity contribution in [1.29, 1.82) is 0 Å². The number of aliphatic hydroxyl groups is 1. The van der Waals surface area contributed by atoms with Crippen molar-refractivity contribution in [1.82, 2.24) is 9.80 Å². The fourth-order valence-electron chi connectivity index (χ4n) is 7.32. The third-order valence-corrected chi connectivity index (χ3v) is 9.68. The van der Waals surface area contributed by atoms with Gasteiger partial charge in [-0.2, -0.15) is 0 Å². The standard InChI is InChI=1S/C31H40ClN3O5/c1-6-15-33-16-9-13-30(5)23(27(33)37)24-28(38)35(22(18-36)19(3)7-2)26-29(39)34(17-10-14-31(24,26)40-30)25-20(4)11-8-12-21(25)32/h8-14,19,22-24,26,36H,6-7,15-18H2,1-5H3/t19-,22-,23-,24-,26?,30+,31-/m0/s1. The molecule has 0 saturated carbocycles. The van der Waals surface area contributed by atoms with Crippen molar-refractivity contribution in [3.8, 4) is 0 Å². The van der Waals surface area contributed by atoms with Crippen LogP contribution in [0.4, 0.5) is 5.69 Å². The number of likely N-dealkylation sites (tertiary alicyclic amines) is 1. The van der Waals surface area contributed by atoms with Gasteiger partial charge in [-0.15, -0.1) is 0 Å². The number of para-hydroxylation sites is 1. The number of rotatable bonds is 7. The van der Waals surface area contributed by atoms with Crippen LogP contribution in [0.1, 0.15) is 46.1 Å². The lowest BCUT2D eigenvalue weighted by Crippen LogP contribution is -2.60. The number of carbonyl (C=O) groups excluding carboxylic acids is 3. The zero-order valence-corrected chi connectivity index (χ0v) is 24.7. The van der Waals surface area contributed by atoms with Gasteiger partial charge >= 0.3 is 0 Å². The van der Waals surface area contributed by atoms with Gasteiger partial charge in [0.15, 0.2) is 0 Å². The minimum absolute atomic E-state index is 0.0898. The Morgan fingerprint density at radius 1 is 1.07 bits per heavy atom. The molecule has 1 unspecified atom stereocenters. The van der Waals surface area contributed by atoms with Crippen LogP contribution in [-0.4, -0.2) is 82.2 Å². The summed E-state index contributed by atoms with van der Waals surface area (Å²) in [6.45, 7) is 10.7. The number of carbonyl (C=O) groups is 3. The van der Waals surface area contributed by atoms with E-state index in [1.54, 1.807) is 20.8 Å². The van der Waals surface area contributed by atoms with E-state index in [-0.39, 0.29) is 36.8 Å². The third-order valence-electron chi connectivity index (χ3n) is 9.38. The highest BCUT2D eigenvalue weighted by Crippen LogP contribution is 2.58. The molecule has 5 rings (SSSR count). The van der Waals surface area contributed by atoms with Gasteiger partial charge in [0.1, 0.15) is 11.6 Å². The molecule has 2 fully saturated rings. The van der Waals surface area contributed by atoms with Gasteiger partial charge in [-0.25, -0.2) is 0 Å². The zero-order chi connectivity index (χ0) is 29.0. The lowest BCUT2D eigenvalue weighted by molar-refractivity contribution is -0.152. The van der Waals surface area contributed by atoms with Crippen molar-refractivity contribution in [2.45, 2.75) is 70.7 Å². The van der Waals surface area contributed by atoms with Crippen LogP contribution in [0.25, 0.3) is 0 Å². The van der Waals surface area contributed by atoms with E-state index in [1.165, 1.54) is 0 Å². The summed E-state index contributed by atoms with van der Waals surface area (Å²) in [5, 5.41) is 11.0. The van der Waals surface area contributed by atoms with E-state index in [0.717, 1.165) is 12.0 Å². The van der Waals surface area contributed by atoms with Crippen LogP contribution in [0.3, 0.4) is 0 Å². The Morgan fingerprint density at radius 2 is 1.80 bits per heavy atom. The van der Waals surface area contributed by atoms with Crippen LogP contribution in [0, 0.1) is 24.7 Å². The summed E-state index contributed by atoms with van der Waals surface area (Å²) in [6.07, 6.45) is 9.00. The van der Waals surface area contributed by atoms with Crippen LogP contribution in [0.15, 0.2) is 42.5 Å². The van der Waals surface area contributed by atoms with E-state index in [2.05, 4.69) is 0 Å². The fourth-order valence-corrected chi connectivity index (χ4v) is 7.64. The number of hydrogen-bond acceptors (Lipinski definition) is 5. The lowest BCUT2D eigenvalue weighted by Gasteiger charge is -2.41. The highest BCUT2D eigenvalue weighted by Gasteiger charge is 2.75. The quantitative estimate of drug-likeness (QED) is 0.505. The molecule has 40 heavy (non-hydrogen) atoms. The lowest BCUT2D eigenvalue weighted by atomic mass is 9.74. The van der Waals surface area contributed by atoms with E-state index < -0.39 is 35.1 Å². The van der Waals surface area contributed by atoms with Crippen molar-refractivity contribution in [3.63, 3.8) is 0 Å². The summed E-state index contributed by atoms with van der Waals surface area (Å²) in [5.74, 6) is -2.61. The average Bonchev–Trinajstić information content (AvgIpc) is 3.19. The molecule has 0 aromatic heterocycles. The summed E-state index contributed by atoms with van der Waals surface area (Å²) in [4.78, 5) is 48.4. The van der Waals surface area contributed by atoms with E-state index >= 15 is 0 Å². The Kier molecular flexibility index (Phi) is 7.66. The molecule has 216 valence electrons. The van der Waals surface area contributed by atoms with Gasteiger partial charge in [0, 0.05) is 19.6 Å². The number of aliphatic hydroxyl groups excluding tert-OH is 1. The molecule has 1 N–H and O–H groups in total. The van der Waals surface area contributed by atoms with Crippen LogP contribution in [0.2, 0.25) is 5.02 Å². The number of anilines is 1. The molecule has 2 saturated heterocycles. The van der Waals surface area contributed by atoms with E-state index in [0.29, 0.717) is 30.2 Å². The second-order valence-corrected chi connectivity index (χ2v) is 12.2. The molecule has 0 radical (unpaired) electrons. The first-order valence-corrected chi connectivity index (χ1v) is 14.8. The van der Waals surface area contributed by atoms with Gasteiger partial charge in [0.05, 0.1) is 40.8 Å². The van der Waals surface area contributed by atoms with Crippen LogP contribution in [0.5, 0.6) is 0 Å². The maximum Gasteiger partial charge on any atom is 0.253 e. The first-order chi connectivity index (χ1) is 19.1. The summed E-state index contributed by atoms with van der Waals surface area (Å²) in [7, 11) is 0. The predicted octanol–water partition coefficient (Wildman–Crippen LogP) is 3.74. The van der Waals surface area contributed by atoms with Crippen molar-refractivity contribution >= 4 is 35.0 Å². The molecule has 1 spiro atoms. The Balaban J connectivity index is 1.71. The first-order valence-electron chi connectivity index (χ1n) is 14.4.